The van der Waals surface area contributed by atoms with E-state index in [1.165, 1.54) is 5.69 Å². The van der Waals surface area contributed by atoms with Crippen LogP contribution in [0.1, 0.15) is 18.2 Å². The molecule has 0 spiro atoms. The largest absolute Gasteiger partial charge is 0.376 e. The maximum atomic E-state index is 3.83. The van der Waals surface area contributed by atoms with Crippen LogP contribution in [0.15, 0.2) is 61.3 Å². The molecule has 2 nitrogen and oxygen atoms in total. The summed E-state index contributed by atoms with van der Waals surface area (Å²) in [5.41, 5.74) is 2.41. The van der Waals surface area contributed by atoms with Crippen LogP contribution in [0.3, 0.4) is 0 Å². The highest BCUT2D eigenvalue weighted by atomic mass is 15.0. The van der Waals surface area contributed by atoms with Gasteiger partial charge >= 0.3 is 0 Å². The van der Waals surface area contributed by atoms with Crippen molar-refractivity contribution >= 4 is 5.69 Å². The number of aryl methyl sites for hydroxylation is 1. The van der Waals surface area contributed by atoms with E-state index in [0.717, 1.165) is 12.1 Å². The van der Waals surface area contributed by atoms with Crippen molar-refractivity contribution in [2.45, 2.75) is 12.5 Å². The zero-order valence-electron chi connectivity index (χ0n) is 10.1. The van der Waals surface area contributed by atoms with Gasteiger partial charge in [-0.2, -0.15) is 0 Å². The van der Waals surface area contributed by atoms with Crippen molar-refractivity contribution in [3.8, 4) is 0 Å². The van der Waals surface area contributed by atoms with Crippen LogP contribution in [0.2, 0.25) is 0 Å². The summed E-state index contributed by atoms with van der Waals surface area (Å²) in [5.74, 6) is 0. The summed E-state index contributed by atoms with van der Waals surface area (Å²) in [6.07, 6.45) is 4.93. The second-order valence-electron chi connectivity index (χ2n) is 4.13. The van der Waals surface area contributed by atoms with E-state index >= 15 is 0 Å². The Kier molecular flexibility index (Phi) is 3.66. The molecule has 17 heavy (non-hydrogen) atoms. The molecule has 0 aliphatic rings. The maximum Gasteiger partial charge on any atom is 0.0699 e. The average Bonchev–Trinajstić information content (AvgIpc) is 2.76. The van der Waals surface area contributed by atoms with E-state index in [1.54, 1.807) is 0 Å². The number of para-hydroxylation sites is 1. The Morgan fingerprint density at radius 2 is 2.00 bits per heavy atom. The van der Waals surface area contributed by atoms with Gasteiger partial charge in [0, 0.05) is 24.6 Å². The van der Waals surface area contributed by atoms with Gasteiger partial charge in [-0.1, -0.05) is 24.3 Å². The molecule has 0 bridgehead atoms. The van der Waals surface area contributed by atoms with Gasteiger partial charge < -0.3 is 9.88 Å². The Balaban J connectivity index is 2.19. The summed E-state index contributed by atoms with van der Waals surface area (Å²) < 4.78 is 2.14. The Morgan fingerprint density at radius 3 is 2.59 bits per heavy atom. The molecule has 0 aliphatic carbocycles. The molecule has 1 atom stereocenters. The van der Waals surface area contributed by atoms with Crippen LogP contribution in [0, 0.1) is 0 Å². The van der Waals surface area contributed by atoms with Gasteiger partial charge in [0.2, 0.25) is 0 Å². The predicted octanol–water partition coefficient (Wildman–Crippen LogP) is 3.75. The zero-order chi connectivity index (χ0) is 12.1. The van der Waals surface area contributed by atoms with Gasteiger partial charge in [0.1, 0.15) is 0 Å². The molecule has 0 saturated carbocycles. The summed E-state index contributed by atoms with van der Waals surface area (Å²) >= 11 is 0. The molecule has 0 aliphatic heterocycles. The third kappa shape index (κ3) is 2.78. The number of hydrogen-bond donors (Lipinski definition) is 1. The quantitative estimate of drug-likeness (QED) is 0.768. The summed E-state index contributed by atoms with van der Waals surface area (Å²) in [6.45, 7) is 3.83. The van der Waals surface area contributed by atoms with Crippen LogP contribution >= 0.6 is 0 Å². The van der Waals surface area contributed by atoms with Crippen LogP contribution in [-0.4, -0.2) is 4.57 Å². The minimum absolute atomic E-state index is 0.273. The first-order valence-electron chi connectivity index (χ1n) is 5.85. The van der Waals surface area contributed by atoms with Gasteiger partial charge in [-0.3, -0.25) is 0 Å². The molecule has 2 aromatic rings. The smallest absolute Gasteiger partial charge is 0.0699 e. The molecule has 0 fully saturated rings. The lowest BCUT2D eigenvalue weighted by molar-refractivity contribution is 0.708. The number of hydrogen-bond acceptors (Lipinski definition) is 1. The molecular formula is C15H18N2. The van der Waals surface area contributed by atoms with E-state index in [-0.39, 0.29) is 6.04 Å². The van der Waals surface area contributed by atoms with Gasteiger partial charge in [0.05, 0.1) is 6.04 Å². The van der Waals surface area contributed by atoms with Crippen LogP contribution in [0.4, 0.5) is 5.69 Å². The van der Waals surface area contributed by atoms with Gasteiger partial charge in [-0.05, 0) is 30.7 Å². The number of anilines is 1. The van der Waals surface area contributed by atoms with Crippen molar-refractivity contribution < 1.29 is 0 Å². The number of nitrogens with zero attached hydrogens (tertiary/aromatic N) is 1. The lowest BCUT2D eigenvalue weighted by Gasteiger charge is -2.19. The lowest BCUT2D eigenvalue weighted by atomic mass is 10.1. The second kappa shape index (κ2) is 5.39. The van der Waals surface area contributed by atoms with Gasteiger partial charge in [-0.25, -0.2) is 0 Å². The molecule has 1 unspecified atom stereocenters. The maximum absolute atomic E-state index is 3.83. The second-order valence-corrected chi connectivity index (χ2v) is 4.13. The topological polar surface area (TPSA) is 17.0 Å². The molecule has 2 rings (SSSR count). The Bertz CT molecular complexity index is 471. The monoisotopic (exact) mass is 226 g/mol. The highest BCUT2D eigenvalue weighted by Gasteiger charge is 2.11. The van der Waals surface area contributed by atoms with Crippen molar-refractivity contribution in [1.29, 1.82) is 0 Å². The Morgan fingerprint density at radius 1 is 1.24 bits per heavy atom. The standard InChI is InChI=1S/C15H18N2/c1-3-8-14(15-11-7-12-17(15)2)16-13-9-5-4-6-10-13/h3-7,9-12,14,16H,1,8H2,2H3. The van der Waals surface area contributed by atoms with E-state index in [1.807, 2.05) is 24.3 Å². The summed E-state index contributed by atoms with van der Waals surface area (Å²) in [5, 5.41) is 3.53. The molecule has 1 N–H and O–H groups in total. The summed E-state index contributed by atoms with van der Waals surface area (Å²) in [7, 11) is 2.07. The van der Waals surface area contributed by atoms with Crippen LogP contribution in [0.5, 0.6) is 0 Å². The molecule has 0 amide bonds. The lowest BCUT2D eigenvalue weighted by Crippen LogP contribution is -2.13. The van der Waals surface area contributed by atoms with Gasteiger partial charge in [0.25, 0.3) is 0 Å². The van der Waals surface area contributed by atoms with Crippen molar-refractivity contribution in [3.05, 3.63) is 67.0 Å². The van der Waals surface area contributed by atoms with Crippen molar-refractivity contribution in [3.63, 3.8) is 0 Å². The fourth-order valence-electron chi connectivity index (χ4n) is 1.99. The predicted molar refractivity (Wildman–Crippen MR) is 73.0 cm³/mol. The van der Waals surface area contributed by atoms with Crippen molar-refractivity contribution in [2.24, 2.45) is 7.05 Å². The first-order chi connectivity index (χ1) is 8.31. The Hall–Kier alpha value is -1.96. The van der Waals surface area contributed by atoms with E-state index in [9.17, 15) is 0 Å². The van der Waals surface area contributed by atoms with Crippen molar-refractivity contribution in [2.75, 3.05) is 5.32 Å². The molecule has 1 heterocycles. The minimum atomic E-state index is 0.273. The third-order valence-corrected chi connectivity index (χ3v) is 2.86. The highest BCUT2D eigenvalue weighted by Crippen LogP contribution is 2.22. The van der Waals surface area contributed by atoms with Crippen LogP contribution in [-0.2, 0) is 7.05 Å². The van der Waals surface area contributed by atoms with E-state index in [0.29, 0.717) is 0 Å². The number of benzene rings is 1. The third-order valence-electron chi connectivity index (χ3n) is 2.86. The van der Waals surface area contributed by atoms with E-state index < -0.39 is 0 Å². The highest BCUT2D eigenvalue weighted by molar-refractivity contribution is 5.44. The minimum Gasteiger partial charge on any atom is -0.376 e. The first kappa shape index (κ1) is 11.5. The molecule has 88 valence electrons. The molecular weight excluding hydrogens is 208 g/mol. The van der Waals surface area contributed by atoms with Crippen LogP contribution in [0.25, 0.3) is 0 Å². The molecule has 0 saturated heterocycles. The number of nitrogens with one attached hydrogen (secondary N) is 1. The normalized spacial score (nSPS) is 12.1. The van der Waals surface area contributed by atoms with Crippen molar-refractivity contribution in [1.82, 2.24) is 4.57 Å². The van der Waals surface area contributed by atoms with Gasteiger partial charge in [0.15, 0.2) is 0 Å². The molecule has 0 radical (unpaired) electrons. The van der Waals surface area contributed by atoms with E-state index in [4.69, 9.17) is 0 Å². The summed E-state index contributed by atoms with van der Waals surface area (Å²) in [4.78, 5) is 0. The first-order valence-corrected chi connectivity index (χ1v) is 5.85. The number of rotatable bonds is 5. The molecule has 1 aromatic heterocycles. The Labute approximate surface area is 103 Å². The fraction of sp³-hybridized carbons (Fsp3) is 0.200. The zero-order valence-corrected chi connectivity index (χ0v) is 10.1. The SMILES string of the molecule is C=CCC(Nc1ccccc1)c1cccn1C. The number of aromatic nitrogens is 1. The fourth-order valence-corrected chi connectivity index (χ4v) is 1.99. The van der Waals surface area contributed by atoms with E-state index in [2.05, 4.69) is 54.0 Å². The summed E-state index contributed by atoms with van der Waals surface area (Å²) in [6, 6.07) is 14.8. The molecule has 2 heteroatoms. The van der Waals surface area contributed by atoms with Gasteiger partial charge in [-0.15, -0.1) is 6.58 Å². The molecule has 1 aromatic carbocycles. The van der Waals surface area contributed by atoms with Crippen LogP contribution < -0.4 is 5.32 Å². The average molecular weight is 226 g/mol.